The fourth-order valence-corrected chi connectivity index (χ4v) is 5.03. The largest absolute Gasteiger partial charge is 0.451 e. The molecule has 2 unspecified atom stereocenters. The number of benzene rings is 1. The highest BCUT2D eigenvalue weighted by molar-refractivity contribution is 6.02. The monoisotopic (exact) mass is 380 g/mol. The summed E-state index contributed by atoms with van der Waals surface area (Å²) in [6.45, 7) is 0. The average molecular weight is 380 g/mol. The summed E-state index contributed by atoms with van der Waals surface area (Å²) in [6, 6.07) is 7.92. The summed E-state index contributed by atoms with van der Waals surface area (Å²) >= 11 is 0. The van der Waals surface area contributed by atoms with E-state index in [4.69, 9.17) is 4.42 Å². The van der Waals surface area contributed by atoms with Gasteiger partial charge in [-0.2, -0.15) is 0 Å². The maximum atomic E-state index is 13.2. The smallest absolute Gasteiger partial charge is 0.290 e. The van der Waals surface area contributed by atoms with Gasteiger partial charge >= 0.3 is 0 Å². The molecule has 0 N–H and O–H groups in total. The van der Waals surface area contributed by atoms with Crippen LogP contribution in [0.25, 0.3) is 11.0 Å². The van der Waals surface area contributed by atoms with Gasteiger partial charge in [0.2, 0.25) is 11.8 Å². The van der Waals surface area contributed by atoms with Crippen molar-refractivity contribution in [2.24, 2.45) is 0 Å². The van der Waals surface area contributed by atoms with Crippen molar-refractivity contribution in [3.63, 3.8) is 0 Å². The Morgan fingerprint density at radius 1 is 0.929 bits per heavy atom. The van der Waals surface area contributed by atoms with Crippen LogP contribution in [0.3, 0.4) is 0 Å². The van der Waals surface area contributed by atoms with E-state index in [1.54, 1.807) is 29.2 Å². The first-order valence-corrected chi connectivity index (χ1v) is 9.73. The molecule has 3 fully saturated rings. The maximum absolute atomic E-state index is 13.2. The minimum Gasteiger partial charge on any atom is -0.451 e. The third-order valence-corrected chi connectivity index (χ3v) is 6.24. The van der Waals surface area contributed by atoms with Crippen molar-refractivity contribution in [1.82, 2.24) is 9.80 Å². The Kier molecular flexibility index (Phi) is 3.86. The fourth-order valence-electron chi connectivity index (χ4n) is 5.03. The number of amides is 3. The van der Waals surface area contributed by atoms with Gasteiger partial charge in [0.25, 0.3) is 5.91 Å². The van der Waals surface area contributed by atoms with Crippen LogP contribution in [-0.2, 0) is 9.59 Å². The molecule has 1 aromatic heterocycles. The van der Waals surface area contributed by atoms with Gasteiger partial charge in [0.15, 0.2) is 11.2 Å². The molecule has 2 aromatic rings. The number of likely N-dealkylation sites (tertiary alicyclic amines) is 1. The molecule has 0 aliphatic carbocycles. The maximum Gasteiger partial charge on any atom is 0.290 e. The molecule has 7 heteroatoms. The van der Waals surface area contributed by atoms with Crippen LogP contribution in [0.15, 0.2) is 39.5 Å². The first-order chi connectivity index (χ1) is 13.5. The van der Waals surface area contributed by atoms with E-state index in [2.05, 4.69) is 0 Å². The van der Waals surface area contributed by atoms with Crippen molar-refractivity contribution in [3.05, 3.63) is 46.3 Å². The van der Waals surface area contributed by atoms with E-state index >= 15 is 0 Å². The number of fused-ring (bicyclic) bond motifs is 3. The van der Waals surface area contributed by atoms with Crippen LogP contribution in [0.2, 0.25) is 0 Å². The standard InChI is InChI=1S/C21H20N2O5/c24-16-11-18(28-17-4-2-1-3-15(16)17)21(27)22-12-5-6-13(22)10-14(9-12)23-19(25)7-8-20(23)26/h1-4,11-14H,5-10H2. The lowest BCUT2D eigenvalue weighted by atomic mass is 9.95. The highest BCUT2D eigenvalue weighted by Gasteiger charge is 2.48. The summed E-state index contributed by atoms with van der Waals surface area (Å²) in [5.74, 6) is -0.440. The molecule has 3 saturated heterocycles. The topological polar surface area (TPSA) is 87.9 Å². The lowest BCUT2D eigenvalue weighted by Crippen LogP contribution is -2.53. The summed E-state index contributed by atoms with van der Waals surface area (Å²) < 4.78 is 5.73. The molecule has 5 rings (SSSR count). The second kappa shape index (κ2) is 6.29. The average Bonchev–Trinajstić information content (AvgIpc) is 3.16. The predicted molar refractivity (Wildman–Crippen MR) is 99.6 cm³/mol. The van der Waals surface area contributed by atoms with Gasteiger partial charge in [-0.25, -0.2) is 0 Å². The number of hydrogen-bond donors (Lipinski definition) is 0. The number of carbonyl (C=O) groups is 3. The molecule has 4 heterocycles. The lowest BCUT2D eigenvalue weighted by molar-refractivity contribution is -0.142. The Labute approximate surface area is 160 Å². The minimum absolute atomic E-state index is 0.0470. The van der Waals surface area contributed by atoms with Crippen molar-refractivity contribution >= 4 is 28.7 Å². The van der Waals surface area contributed by atoms with Gasteiger partial charge in [0.1, 0.15) is 5.58 Å². The minimum atomic E-state index is -0.284. The third-order valence-electron chi connectivity index (χ3n) is 6.24. The van der Waals surface area contributed by atoms with Crippen molar-refractivity contribution in [2.45, 2.75) is 56.7 Å². The van der Waals surface area contributed by atoms with Crippen LogP contribution in [-0.4, -0.2) is 45.6 Å². The molecule has 3 aliphatic rings. The quantitative estimate of drug-likeness (QED) is 0.745. The van der Waals surface area contributed by atoms with Crippen LogP contribution >= 0.6 is 0 Å². The van der Waals surface area contributed by atoms with Crippen molar-refractivity contribution in [2.75, 3.05) is 0 Å². The molecule has 144 valence electrons. The molecule has 1 aromatic carbocycles. The zero-order chi connectivity index (χ0) is 19.4. The normalized spacial score (nSPS) is 27.1. The molecular weight excluding hydrogens is 360 g/mol. The van der Waals surface area contributed by atoms with Gasteiger partial charge in [-0.05, 0) is 37.8 Å². The van der Waals surface area contributed by atoms with E-state index in [1.807, 2.05) is 0 Å². The number of rotatable bonds is 2. The highest BCUT2D eigenvalue weighted by Crippen LogP contribution is 2.39. The lowest BCUT2D eigenvalue weighted by Gasteiger charge is -2.41. The Hall–Kier alpha value is -2.96. The molecule has 0 saturated carbocycles. The van der Waals surface area contributed by atoms with Gasteiger partial charge in [-0.3, -0.25) is 24.1 Å². The number of para-hydroxylation sites is 1. The van der Waals surface area contributed by atoms with Gasteiger partial charge in [-0.1, -0.05) is 12.1 Å². The molecule has 0 radical (unpaired) electrons. The molecule has 7 nitrogen and oxygen atoms in total. The molecule has 28 heavy (non-hydrogen) atoms. The first-order valence-electron chi connectivity index (χ1n) is 9.73. The van der Waals surface area contributed by atoms with Gasteiger partial charge in [-0.15, -0.1) is 0 Å². The van der Waals surface area contributed by atoms with Crippen LogP contribution in [0.1, 0.15) is 49.1 Å². The summed E-state index contributed by atoms with van der Waals surface area (Å²) in [6.07, 6.45) is 3.43. The van der Waals surface area contributed by atoms with E-state index in [9.17, 15) is 19.2 Å². The van der Waals surface area contributed by atoms with Crippen LogP contribution in [0.4, 0.5) is 0 Å². The molecule has 0 spiro atoms. The second-order valence-corrected chi connectivity index (χ2v) is 7.85. The fraction of sp³-hybridized carbons (Fsp3) is 0.429. The predicted octanol–water partition coefficient (Wildman–Crippen LogP) is 2.08. The molecule has 2 atom stereocenters. The van der Waals surface area contributed by atoms with Gasteiger partial charge in [0.05, 0.1) is 5.39 Å². The van der Waals surface area contributed by atoms with Crippen molar-refractivity contribution in [1.29, 1.82) is 0 Å². The number of piperidine rings is 1. The van der Waals surface area contributed by atoms with Crippen LogP contribution in [0, 0.1) is 0 Å². The van der Waals surface area contributed by atoms with E-state index in [1.165, 1.54) is 11.0 Å². The first kappa shape index (κ1) is 17.2. The van der Waals surface area contributed by atoms with Gasteiger partial charge < -0.3 is 9.32 Å². The number of imide groups is 1. The van der Waals surface area contributed by atoms with Crippen molar-refractivity contribution < 1.29 is 18.8 Å². The van der Waals surface area contributed by atoms with E-state index in [-0.39, 0.29) is 59.9 Å². The number of nitrogens with zero attached hydrogens (tertiary/aromatic N) is 2. The number of hydrogen-bond acceptors (Lipinski definition) is 5. The Morgan fingerprint density at radius 2 is 1.57 bits per heavy atom. The Balaban J connectivity index is 1.42. The zero-order valence-electron chi connectivity index (χ0n) is 15.3. The highest BCUT2D eigenvalue weighted by atomic mass is 16.3. The summed E-state index contributed by atoms with van der Waals surface area (Å²) in [5.41, 5.74) is 0.162. The van der Waals surface area contributed by atoms with Crippen LogP contribution < -0.4 is 5.43 Å². The van der Waals surface area contributed by atoms with E-state index in [0.717, 1.165) is 12.8 Å². The summed E-state index contributed by atoms with van der Waals surface area (Å²) in [7, 11) is 0. The second-order valence-electron chi connectivity index (χ2n) is 7.85. The third kappa shape index (κ3) is 2.57. The van der Waals surface area contributed by atoms with Gasteiger partial charge in [0, 0.05) is 37.0 Å². The molecule has 3 aliphatic heterocycles. The SMILES string of the molecule is O=C1CCC(=O)N1C1CC2CCC(C1)N2C(=O)c1cc(=O)c2ccccc2o1. The number of carbonyl (C=O) groups excluding carboxylic acids is 3. The summed E-state index contributed by atoms with van der Waals surface area (Å²) in [4.78, 5) is 52.9. The molecule has 3 amide bonds. The van der Waals surface area contributed by atoms with E-state index in [0.29, 0.717) is 23.8 Å². The van der Waals surface area contributed by atoms with E-state index < -0.39 is 0 Å². The molecule has 2 bridgehead atoms. The van der Waals surface area contributed by atoms with Crippen molar-refractivity contribution in [3.8, 4) is 0 Å². The van der Waals surface area contributed by atoms with Crippen LogP contribution in [0.5, 0.6) is 0 Å². The zero-order valence-corrected chi connectivity index (χ0v) is 15.3. The molecular formula is C21H20N2O5. The summed E-state index contributed by atoms with van der Waals surface area (Å²) in [5, 5.41) is 0.451. The Bertz CT molecular complexity index is 1030. The Morgan fingerprint density at radius 3 is 2.25 bits per heavy atom.